The zero-order chi connectivity index (χ0) is 11.9. The third kappa shape index (κ3) is 4.15. The standard InChI is InChI=1S/C14H25N3/c1-17-14(9-10-16-17)12-15-11-13-7-5-3-2-4-6-8-13/h9-10,13,15H,2-8,11-12H2,1H3. The molecule has 96 valence electrons. The molecule has 0 aromatic carbocycles. The Balaban J connectivity index is 1.68. The molecule has 0 radical (unpaired) electrons. The number of aromatic nitrogens is 2. The Morgan fingerprint density at radius 1 is 1.24 bits per heavy atom. The van der Waals surface area contributed by atoms with Gasteiger partial charge in [0.25, 0.3) is 0 Å². The van der Waals surface area contributed by atoms with Gasteiger partial charge in [-0.2, -0.15) is 5.10 Å². The van der Waals surface area contributed by atoms with Crippen molar-refractivity contribution in [3.8, 4) is 0 Å². The first kappa shape index (κ1) is 12.6. The lowest BCUT2D eigenvalue weighted by Gasteiger charge is -2.20. The largest absolute Gasteiger partial charge is 0.311 e. The van der Waals surface area contributed by atoms with E-state index >= 15 is 0 Å². The quantitative estimate of drug-likeness (QED) is 0.869. The fourth-order valence-corrected chi connectivity index (χ4v) is 2.72. The summed E-state index contributed by atoms with van der Waals surface area (Å²) in [5, 5.41) is 7.77. The highest BCUT2D eigenvalue weighted by molar-refractivity contribution is 4.99. The Kier molecular flexibility index (Phi) is 5.05. The zero-order valence-corrected chi connectivity index (χ0v) is 11.0. The topological polar surface area (TPSA) is 29.9 Å². The summed E-state index contributed by atoms with van der Waals surface area (Å²) in [7, 11) is 2.01. The molecule has 1 saturated carbocycles. The first-order valence-electron chi connectivity index (χ1n) is 7.04. The van der Waals surface area contributed by atoms with Crippen molar-refractivity contribution >= 4 is 0 Å². The van der Waals surface area contributed by atoms with Crippen molar-refractivity contribution < 1.29 is 0 Å². The fourth-order valence-electron chi connectivity index (χ4n) is 2.72. The third-order valence-electron chi connectivity index (χ3n) is 3.89. The van der Waals surface area contributed by atoms with Crippen molar-refractivity contribution in [2.24, 2.45) is 13.0 Å². The predicted molar refractivity (Wildman–Crippen MR) is 70.7 cm³/mol. The van der Waals surface area contributed by atoms with Gasteiger partial charge < -0.3 is 5.32 Å². The van der Waals surface area contributed by atoms with E-state index in [0.29, 0.717) is 0 Å². The van der Waals surface area contributed by atoms with Gasteiger partial charge in [0.05, 0.1) is 5.69 Å². The highest BCUT2D eigenvalue weighted by atomic mass is 15.3. The van der Waals surface area contributed by atoms with E-state index in [0.717, 1.165) is 12.5 Å². The normalized spacial score (nSPS) is 18.9. The number of nitrogens with one attached hydrogen (secondary N) is 1. The Morgan fingerprint density at radius 3 is 2.59 bits per heavy atom. The van der Waals surface area contributed by atoms with E-state index in [-0.39, 0.29) is 0 Å². The molecule has 1 aromatic rings. The van der Waals surface area contributed by atoms with E-state index in [9.17, 15) is 0 Å². The Hall–Kier alpha value is -0.830. The van der Waals surface area contributed by atoms with Crippen LogP contribution in [0.5, 0.6) is 0 Å². The summed E-state index contributed by atoms with van der Waals surface area (Å²) in [4.78, 5) is 0. The maximum Gasteiger partial charge on any atom is 0.0518 e. The van der Waals surface area contributed by atoms with Crippen molar-refractivity contribution in [1.82, 2.24) is 15.1 Å². The van der Waals surface area contributed by atoms with E-state index in [1.165, 1.54) is 57.2 Å². The molecule has 1 heterocycles. The van der Waals surface area contributed by atoms with E-state index in [2.05, 4.69) is 16.5 Å². The van der Waals surface area contributed by atoms with Gasteiger partial charge in [-0.3, -0.25) is 4.68 Å². The van der Waals surface area contributed by atoms with Crippen LogP contribution in [0.4, 0.5) is 0 Å². The summed E-state index contributed by atoms with van der Waals surface area (Å²) < 4.78 is 1.95. The molecule has 3 nitrogen and oxygen atoms in total. The zero-order valence-electron chi connectivity index (χ0n) is 11.0. The molecule has 0 atom stereocenters. The molecule has 0 saturated heterocycles. The van der Waals surface area contributed by atoms with Crippen LogP contribution in [0.25, 0.3) is 0 Å². The lowest BCUT2D eigenvalue weighted by atomic mass is 9.91. The molecule has 17 heavy (non-hydrogen) atoms. The van der Waals surface area contributed by atoms with Gasteiger partial charge in [-0.15, -0.1) is 0 Å². The summed E-state index contributed by atoms with van der Waals surface area (Å²) in [6, 6.07) is 2.09. The van der Waals surface area contributed by atoms with Crippen LogP contribution in [0.2, 0.25) is 0 Å². The van der Waals surface area contributed by atoms with Gasteiger partial charge in [-0.05, 0) is 31.4 Å². The SMILES string of the molecule is Cn1nccc1CNCC1CCCCCCC1. The average molecular weight is 235 g/mol. The monoisotopic (exact) mass is 235 g/mol. The second kappa shape index (κ2) is 6.80. The van der Waals surface area contributed by atoms with Crippen LogP contribution in [0, 0.1) is 5.92 Å². The molecule has 0 spiro atoms. The Labute approximate surface area is 105 Å². The molecule has 2 rings (SSSR count). The van der Waals surface area contributed by atoms with E-state index in [4.69, 9.17) is 0 Å². The highest BCUT2D eigenvalue weighted by Gasteiger charge is 2.10. The first-order chi connectivity index (χ1) is 8.36. The predicted octanol–water partition coefficient (Wildman–Crippen LogP) is 2.87. The van der Waals surface area contributed by atoms with Gasteiger partial charge >= 0.3 is 0 Å². The van der Waals surface area contributed by atoms with Crippen molar-refractivity contribution in [1.29, 1.82) is 0 Å². The van der Waals surface area contributed by atoms with Gasteiger partial charge in [0.2, 0.25) is 0 Å². The van der Waals surface area contributed by atoms with E-state index < -0.39 is 0 Å². The smallest absolute Gasteiger partial charge is 0.0518 e. The minimum atomic E-state index is 0.892. The Bertz CT molecular complexity index is 311. The maximum atomic E-state index is 4.19. The van der Waals surface area contributed by atoms with Crippen molar-refractivity contribution in [2.75, 3.05) is 6.54 Å². The number of nitrogens with zero attached hydrogens (tertiary/aromatic N) is 2. The third-order valence-corrected chi connectivity index (χ3v) is 3.89. The minimum absolute atomic E-state index is 0.892. The lowest BCUT2D eigenvalue weighted by molar-refractivity contribution is 0.359. The van der Waals surface area contributed by atoms with Crippen molar-refractivity contribution in [3.05, 3.63) is 18.0 Å². The highest BCUT2D eigenvalue weighted by Crippen LogP contribution is 2.21. The van der Waals surface area contributed by atoms with Gasteiger partial charge in [-0.25, -0.2) is 0 Å². The molecular weight excluding hydrogens is 210 g/mol. The van der Waals surface area contributed by atoms with Crippen LogP contribution in [0.15, 0.2) is 12.3 Å². The van der Waals surface area contributed by atoms with Crippen LogP contribution < -0.4 is 5.32 Å². The average Bonchev–Trinajstić information content (AvgIpc) is 2.67. The molecule has 3 heteroatoms. The van der Waals surface area contributed by atoms with Gasteiger partial charge in [0.1, 0.15) is 0 Å². The molecule has 0 aliphatic heterocycles. The van der Waals surface area contributed by atoms with Gasteiger partial charge in [0.15, 0.2) is 0 Å². The number of hydrogen-bond acceptors (Lipinski definition) is 2. The van der Waals surface area contributed by atoms with E-state index in [1.807, 2.05) is 17.9 Å². The second-order valence-corrected chi connectivity index (χ2v) is 5.29. The summed E-state index contributed by atoms with van der Waals surface area (Å²) in [5.74, 6) is 0.892. The van der Waals surface area contributed by atoms with Crippen LogP contribution in [0.3, 0.4) is 0 Å². The molecule has 1 aliphatic rings. The van der Waals surface area contributed by atoms with Crippen LogP contribution in [-0.4, -0.2) is 16.3 Å². The molecule has 0 bridgehead atoms. The van der Waals surface area contributed by atoms with Gasteiger partial charge in [0, 0.05) is 19.8 Å². The molecule has 1 N–H and O–H groups in total. The van der Waals surface area contributed by atoms with Crippen LogP contribution in [0.1, 0.15) is 50.6 Å². The molecule has 1 aliphatic carbocycles. The lowest BCUT2D eigenvalue weighted by Crippen LogP contribution is -2.24. The first-order valence-corrected chi connectivity index (χ1v) is 7.04. The van der Waals surface area contributed by atoms with E-state index in [1.54, 1.807) is 0 Å². The van der Waals surface area contributed by atoms with Crippen molar-refractivity contribution in [2.45, 2.75) is 51.5 Å². The summed E-state index contributed by atoms with van der Waals surface area (Å²) in [5.41, 5.74) is 1.27. The summed E-state index contributed by atoms with van der Waals surface area (Å²) in [6.45, 7) is 2.12. The maximum absolute atomic E-state index is 4.19. The number of rotatable bonds is 4. The number of hydrogen-bond donors (Lipinski definition) is 1. The van der Waals surface area contributed by atoms with Crippen LogP contribution in [-0.2, 0) is 13.6 Å². The summed E-state index contributed by atoms with van der Waals surface area (Å²) >= 11 is 0. The van der Waals surface area contributed by atoms with Crippen LogP contribution >= 0.6 is 0 Å². The molecule has 1 aromatic heterocycles. The second-order valence-electron chi connectivity index (χ2n) is 5.29. The molecule has 0 unspecified atom stereocenters. The Morgan fingerprint density at radius 2 is 1.94 bits per heavy atom. The molecule has 1 fully saturated rings. The molecule has 0 amide bonds. The molecular formula is C14H25N3. The number of aryl methyl sites for hydroxylation is 1. The van der Waals surface area contributed by atoms with Crippen molar-refractivity contribution in [3.63, 3.8) is 0 Å². The van der Waals surface area contributed by atoms with Gasteiger partial charge in [-0.1, -0.05) is 32.1 Å². The summed E-state index contributed by atoms with van der Waals surface area (Å²) in [6.07, 6.45) is 11.9. The minimum Gasteiger partial charge on any atom is -0.311 e. The fraction of sp³-hybridized carbons (Fsp3) is 0.786.